The Bertz CT molecular complexity index is 277. The lowest BCUT2D eigenvalue weighted by Gasteiger charge is -2.25. The summed E-state index contributed by atoms with van der Waals surface area (Å²) in [6.45, 7) is 9.16. The van der Waals surface area contributed by atoms with Crippen LogP contribution < -0.4 is 5.32 Å². The molecule has 0 aromatic heterocycles. The van der Waals surface area contributed by atoms with Crippen LogP contribution in [0.2, 0.25) is 0 Å². The molecule has 90 valence electrons. The number of benzene rings is 1. The van der Waals surface area contributed by atoms with E-state index in [0.717, 1.165) is 13.1 Å². The second kappa shape index (κ2) is 6.70. The zero-order valence-corrected chi connectivity index (χ0v) is 10.9. The summed E-state index contributed by atoms with van der Waals surface area (Å²) in [6.07, 6.45) is 3.64. The maximum absolute atomic E-state index is 3.51. The molecule has 0 unspecified atom stereocenters. The smallest absolute Gasteiger partial charge is 0.000263 e. The van der Waals surface area contributed by atoms with Gasteiger partial charge >= 0.3 is 0 Å². The van der Waals surface area contributed by atoms with E-state index in [9.17, 15) is 0 Å². The molecule has 1 N–H and O–H groups in total. The van der Waals surface area contributed by atoms with Crippen molar-refractivity contribution in [3.05, 3.63) is 35.9 Å². The van der Waals surface area contributed by atoms with E-state index in [1.54, 1.807) is 0 Å². The van der Waals surface area contributed by atoms with Crippen molar-refractivity contribution in [2.75, 3.05) is 13.1 Å². The largest absolute Gasteiger partial charge is 0.316 e. The number of hydrogen-bond acceptors (Lipinski definition) is 1. The van der Waals surface area contributed by atoms with Gasteiger partial charge in [0.1, 0.15) is 0 Å². The van der Waals surface area contributed by atoms with E-state index in [-0.39, 0.29) is 0 Å². The number of rotatable bonds is 7. The normalized spacial score (nSPS) is 11.7. The van der Waals surface area contributed by atoms with Crippen LogP contribution >= 0.6 is 0 Å². The monoisotopic (exact) mass is 219 g/mol. The fraction of sp³-hybridized carbons (Fsp3) is 0.600. The Morgan fingerprint density at radius 1 is 1.12 bits per heavy atom. The zero-order valence-electron chi connectivity index (χ0n) is 10.9. The molecule has 1 heteroatoms. The molecule has 0 heterocycles. The van der Waals surface area contributed by atoms with Gasteiger partial charge in [0, 0.05) is 6.54 Å². The third-order valence-corrected chi connectivity index (χ3v) is 2.96. The van der Waals surface area contributed by atoms with Gasteiger partial charge in [0.2, 0.25) is 0 Å². The van der Waals surface area contributed by atoms with Crippen molar-refractivity contribution >= 4 is 0 Å². The highest BCUT2D eigenvalue weighted by molar-refractivity contribution is 5.14. The van der Waals surface area contributed by atoms with Crippen LogP contribution in [0.3, 0.4) is 0 Å². The van der Waals surface area contributed by atoms with Crippen LogP contribution in [0.4, 0.5) is 0 Å². The Hall–Kier alpha value is -0.820. The summed E-state index contributed by atoms with van der Waals surface area (Å²) in [5.74, 6) is 0. The van der Waals surface area contributed by atoms with E-state index < -0.39 is 0 Å². The molecule has 0 aliphatic rings. The quantitative estimate of drug-likeness (QED) is 0.690. The molecule has 0 fully saturated rings. The van der Waals surface area contributed by atoms with Crippen molar-refractivity contribution in [2.24, 2.45) is 5.41 Å². The first-order valence-electron chi connectivity index (χ1n) is 6.39. The molecule has 0 bridgehead atoms. The van der Waals surface area contributed by atoms with E-state index in [1.165, 1.54) is 24.8 Å². The van der Waals surface area contributed by atoms with Crippen molar-refractivity contribution in [1.82, 2.24) is 5.32 Å². The van der Waals surface area contributed by atoms with E-state index in [4.69, 9.17) is 0 Å². The Morgan fingerprint density at radius 3 is 2.44 bits per heavy atom. The number of aryl methyl sites for hydroxylation is 1. The molecule has 0 atom stereocenters. The molecule has 1 aromatic rings. The molecule has 16 heavy (non-hydrogen) atoms. The van der Waals surface area contributed by atoms with Crippen molar-refractivity contribution in [1.29, 1.82) is 0 Å². The van der Waals surface area contributed by atoms with Crippen LogP contribution in [0.25, 0.3) is 0 Å². The predicted molar refractivity (Wildman–Crippen MR) is 71.7 cm³/mol. The average molecular weight is 219 g/mol. The van der Waals surface area contributed by atoms with Crippen LogP contribution in [-0.4, -0.2) is 13.1 Å². The van der Waals surface area contributed by atoms with Crippen LogP contribution in [0.5, 0.6) is 0 Å². The van der Waals surface area contributed by atoms with Crippen molar-refractivity contribution < 1.29 is 0 Å². The molecule has 1 nitrogen and oxygen atoms in total. The maximum Gasteiger partial charge on any atom is 0.000263 e. The van der Waals surface area contributed by atoms with Gasteiger partial charge in [-0.05, 0) is 36.8 Å². The Balaban J connectivity index is 2.30. The van der Waals surface area contributed by atoms with Gasteiger partial charge in [-0.1, -0.05) is 51.1 Å². The molecule has 1 aromatic carbocycles. The molecular weight excluding hydrogens is 194 g/mol. The van der Waals surface area contributed by atoms with Gasteiger partial charge in [-0.2, -0.15) is 0 Å². The van der Waals surface area contributed by atoms with Crippen LogP contribution in [-0.2, 0) is 6.42 Å². The summed E-state index contributed by atoms with van der Waals surface area (Å²) in [6, 6.07) is 10.8. The standard InChI is InChI=1S/C15H25N/c1-4-12-16-13-15(2,3)11-10-14-8-6-5-7-9-14/h5-9,16H,4,10-13H2,1-3H3. The van der Waals surface area contributed by atoms with Gasteiger partial charge < -0.3 is 5.32 Å². The van der Waals surface area contributed by atoms with Crippen LogP contribution in [0.1, 0.15) is 39.2 Å². The molecule has 1 rings (SSSR count). The molecule has 0 aliphatic heterocycles. The number of nitrogens with one attached hydrogen (secondary N) is 1. The fourth-order valence-electron chi connectivity index (χ4n) is 1.82. The Labute approximate surface area is 100 Å². The highest BCUT2D eigenvalue weighted by Gasteiger charge is 2.16. The van der Waals surface area contributed by atoms with Gasteiger partial charge in [-0.25, -0.2) is 0 Å². The SMILES string of the molecule is CCCNCC(C)(C)CCc1ccccc1. The molecule has 0 radical (unpaired) electrons. The summed E-state index contributed by atoms with van der Waals surface area (Å²) in [4.78, 5) is 0. The minimum absolute atomic E-state index is 0.394. The van der Waals surface area contributed by atoms with Gasteiger partial charge in [0.05, 0.1) is 0 Å². The molecule has 0 spiro atoms. The van der Waals surface area contributed by atoms with Crippen LogP contribution in [0, 0.1) is 5.41 Å². The lowest BCUT2D eigenvalue weighted by molar-refractivity contribution is 0.315. The third kappa shape index (κ3) is 5.32. The predicted octanol–water partition coefficient (Wildman–Crippen LogP) is 3.65. The first kappa shape index (κ1) is 13.2. The second-order valence-corrected chi connectivity index (χ2v) is 5.33. The topological polar surface area (TPSA) is 12.0 Å². The lowest BCUT2D eigenvalue weighted by atomic mass is 9.86. The first-order chi connectivity index (χ1) is 7.64. The van der Waals surface area contributed by atoms with Gasteiger partial charge in [-0.3, -0.25) is 0 Å². The lowest BCUT2D eigenvalue weighted by Crippen LogP contribution is -2.30. The van der Waals surface area contributed by atoms with E-state index >= 15 is 0 Å². The average Bonchev–Trinajstić information content (AvgIpc) is 2.28. The molecule has 0 saturated heterocycles. The first-order valence-corrected chi connectivity index (χ1v) is 6.39. The maximum atomic E-state index is 3.51. The summed E-state index contributed by atoms with van der Waals surface area (Å²) >= 11 is 0. The van der Waals surface area contributed by atoms with E-state index in [0.29, 0.717) is 5.41 Å². The second-order valence-electron chi connectivity index (χ2n) is 5.33. The van der Waals surface area contributed by atoms with Crippen molar-refractivity contribution in [3.8, 4) is 0 Å². The minimum Gasteiger partial charge on any atom is -0.316 e. The molecule has 0 aliphatic carbocycles. The minimum atomic E-state index is 0.394. The molecule has 0 saturated carbocycles. The summed E-state index contributed by atoms with van der Waals surface area (Å²) in [5.41, 5.74) is 1.84. The van der Waals surface area contributed by atoms with Crippen LogP contribution in [0.15, 0.2) is 30.3 Å². The molecular formula is C15H25N. The van der Waals surface area contributed by atoms with Gasteiger partial charge in [-0.15, -0.1) is 0 Å². The summed E-state index contributed by atoms with van der Waals surface area (Å²) in [5, 5.41) is 3.51. The fourth-order valence-corrected chi connectivity index (χ4v) is 1.82. The highest BCUT2D eigenvalue weighted by atomic mass is 14.9. The van der Waals surface area contributed by atoms with E-state index in [1.807, 2.05) is 0 Å². The third-order valence-electron chi connectivity index (χ3n) is 2.96. The summed E-state index contributed by atoms with van der Waals surface area (Å²) in [7, 11) is 0. The van der Waals surface area contributed by atoms with E-state index in [2.05, 4.69) is 56.4 Å². The van der Waals surface area contributed by atoms with Gasteiger partial charge in [0.25, 0.3) is 0 Å². The van der Waals surface area contributed by atoms with Crippen molar-refractivity contribution in [2.45, 2.75) is 40.0 Å². The Kier molecular flexibility index (Phi) is 5.54. The molecule has 0 amide bonds. The number of hydrogen-bond donors (Lipinski definition) is 1. The van der Waals surface area contributed by atoms with Gasteiger partial charge in [0.15, 0.2) is 0 Å². The zero-order chi connectivity index (χ0) is 11.9. The van der Waals surface area contributed by atoms with Crippen molar-refractivity contribution in [3.63, 3.8) is 0 Å². The summed E-state index contributed by atoms with van der Waals surface area (Å²) < 4.78 is 0. The highest BCUT2D eigenvalue weighted by Crippen LogP contribution is 2.21. The Morgan fingerprint density at radius 2 is 1.81 bits per heavy atom.